The number of hydrogen-bond donors (Lipinski definition) is 1. The summed E-state index contributed by atoms with van der Waals surface area (Å²) in [4.78, 5) is 0. The van der Waals surface area contributed by atoms with Gasteiger partial charge < -0.3 is 5.32 Å². The third-order valence-electron chi connectivity index (χ3n) is 2.56. The molecule has 1 aliphatic carbocycles. The molecule has 3 aliphatic rings. The van der Waals surface area contributed by atoms with Crippen LogP contribution >= 0.6 is 0 Å². The molecule has 2 bridgehead atoms. The third kappa shape index (κ3) is 0.799. The molecule has 2 aliphatic heterocycles. The summed E-state index contributed by atoms with van der Waals surface area (Å²) in [6.07, 6.45) is 4.05. The van der Waals surface area contributed by atoms with Crippen LogP contribution < -0.4 is 5.32 Å². The van der Waals surface area contributed by atoms with Gasteiger partial charge in [-0.05, 0) is 31.7 Å². The molecule has 0 aromatic carbocycles. The van der Waals surface area contributed by atoms with Gasteiger partial charge in [-0.3, -0.25) is 0 Å². The average Bonchev–Trinajstić information content (AvgIpc) is 1.90. The van der Waals surface area contributed by atoms with Crippen LogP contribution in [0.3, 0.4) is 0 Å². The maximum atomic E-state index is 4.03. The maximum absolute atomic E-state index is 4.03. The molecule has 0 unspecified atom stereocenters. The van der Waals surface area contributed by atoms with Gasteiger partial charge in [0.1, 0.15) is 0 Å². The molecular formula is C8H13N. The van der Waals surface area contributed by atoms with E-state index in [0.29, 0.717) is 6.04 Å². The lowest BCUT2D eigenvalue weighted by molar-refractivity contribution is 0.274. The normalized spacial score (nSPS) is 41.6. The zero-order valence-corrected chi connectivity index (χ0v) is 5.69. The highest BCUT2D eigenvalue weighted by molar-refractivity contribution is 5.13. The van der Waals surface area contributed by atoms with Crippen molar-refractivity contribution in [3.05, 3.63) is 12.2 Å². The van der Waals surface area contributed by atoms with Crippen molar-refractivity contribution in [1.29, 1.82) is 0 Å². The van der Waals surface area contributed by atoms with Gasteiger partial charge in [0, 0.05) is 6.04 Å². The maximum Gasteiger partial charge on any atom is 0.0277 e. The molecule has 0 aromatic heterocycles. The second-order valence-corrected chi connectivity index (χ2v) is 3.27. The van der Waals surface area contributed by atoms with Gasteiger partial charge in [0.25, 0.3) is 0 Å². The van der Waals surface area contributed by atoms with Crippen molar-refractivity contribution >= 4 is 0 Å². The molecule has 1 saturated carbocycles. The minimum Gasteiger partial charge on any atom is -0.310 e. The first-order chi connectivity index (χ1) is 4.36. The fraction of sp³-hybridized carbons (Fsp3) is 0.750. The minimum atomic E-state index is 0.676. The number of hydrogen-bond acceptors (Lipinski definition) is 1. The molecule has 50 valence electrons. The van der Waals surface area contributed by atoms with E-state index in [-0.39, 0.29) is 0 Å². The van der Waals surface area contributed by atoms with Crippen LogP contribution in [-0.2, 0) is 0 Å². The predicted molar refractivity (Wildman–Crippen MR) is 38.3 cm³/mol. The van der Waals surface area contributed by atoms with Crippen molar-refractivity contribution in [2.75, 3.05) is 6.54 Å². The van der Waals surface area contributed by atoms with E-state index in [1.54, 1.807) is 0 Å². The van der Waals surface area contributed by atoms with Crippen LogP contribution in [0.5, 0.6) is 0 Å². The quantitative estimate of drug-likeness (QED) is 0.479. The van der Waals surface area contributed by atoms with Gasteiger partial charge in [0.05, 0.1) is 0 Å². The predicted octanol–water partition coefficient (Wildman–Crippen LogP) is 1.31. The van der Waals surface area contributed by atoms with E-state index in [4.69, 9.17) is 0 Å². The molecule has 2 heterocycles. The molecule has 9 heavy (non-hydrogen) atoms. The van der Waals surface area contributed by atoms with Crippen LogP contribution in [0, 0.1) is 5.92 Å². The number of nitrogens with one attached hydrogen (secondary N) is 1. The van der Waals surface area contributed by atoms with E-state index >= 15 is 0 Å². The summed E-state index contributed by atoms with van der Waals surface area (Å²) in [5, 5.41) is 3.47. The molecule has 2 saturated heterocycles. The van der Waals surface area contributed by atoms with Gasteiger partial charge in [-0.25, -0.2) is 0 Å². The first kappa shape index (κ1) is 5.48. The van der Waals surface area contributed by atoms with Crippen molar-refractivity contribution in [2.24, 2.45) is 5.92 Å². The second-order valence-electron chi connectivity index (χ2n) is 3.27. The number of piperidine rings is 2. The van der Waals surface area contributed by atoms with Crippen molar-refractivity contribution in [1.82, 2.24) is 5.32 Å². The fourth-order valence-electron chi connectivity index (χ4n) is 1.95. The van der Waals surface area contributed by atoms with Gasteiger partial charge >= 0.3 is 0 Å². The molecule has 3 rings (SSSR count). The van der Waals surface area contributed by atoms with E-state index < -0.39 is 0 Å². The van der Waals surface area contributed by atoms with Gasteiger partial charge in [-0.2, -0.15) is 0 Å². The van der Waals surface area contributed by atoms with E-state index in [9.17, 15) is 0 Å². The zero-order valence-electron chi connectivity index (χ0n) is 5.69. The molecule has 1 N–H and O–H groups in total. The molecule has 0 radical (unpaired) electrons. The Labute approximate surface area is 56.1 Å². The molecule has 1 heteroatoms. The summed E-state index contributed by atoms with van der Waals surface area (Å²) in [6, 6.07) is 0.676. The Morgan fingerprint density at radius 3 is 2.56 bits per heavy atom. The Morgan fingerprint density at radius 2 is 2.33 bits per heavy atom. The van der Waals surface area contributed by atoms with E-state index in [1.807, 2.05) is 0 Å². The average molecular weight is 123 g/mol. The largest absolute Gasteiger partial charge is 0.310 e. The van der Waals surface area contributed by atoms with E-state index in [1.165, 1.54) is 31.4 Å². The summed E-state index contributed by atoms with van der Waals surface area (Å²) in [6.45, 7) is 5.27. The number of rotatable bonds is 0. The first-order valence-electron chi connectivity index (χ1n) is 3.77. The van der Waals surface area contributed by atoms with Crippen LogP contribution in [0.1, 0.15) is 19.3 Å². The molecule has 0 aromatic rings. The number of fused-ring (bicyclic) bond motifs is 3. The summed E-state index contributed by atoms with van der Waals surface area (Å²) in [5.74, 6) is 0.919. The smallest absolute Gasteiger partial charge is 0.0277 e. The Kier molecular flexibility index (Phi) is 1.12. The SMILES string of the molecule is C=C1C[C@H]2CC[C@@H]1NC2. The van der Waals surface area contributed by atoms with Crippen LogP contribution in [0.15, 0.2) is 12.2 Å². The summed E-state index contributed by atoms with van der Waals surface area (Å²) in [5.41, 5.74) is 1.44. The Balaban J connectivity index is 2.15. The highest BCUT2D eigenvalue weighted by Crippen LogP contribution is 2.31. The van der Waals surface area contributed by atoms with Crippen LogP contribution in [0.4, 0.5) is 0 Å². The Morgan fingerprint density at radius 1 is 1.44 bits per heavy atom. The van der Waals surface area contributed by atoms with Gasteiger partial charge in [0.2, 0.25) is 0 Å². The van der Waals surface area contributed by atoms with E-state index in [0.717, 1.165) is 5.92 Å². The van der Waals surface area contributed by atoms with Gasteiger partial charge in [0.15, 0.2) is 0 Å². The lowest BCUT2D eigenvalue weighted by atomic mass is 9.79. The second kappa shape index (κ2) is 1.84. The highest BCUT2D eigenvalue weighted by Gasteiger charge is 2.29. The molecular weight excluding hydrogens is 110 g/mol. The first-order valence-corrected chi connectivity index (χ1v) is 3.77. The Hall–Kier alpha value is -0.300. The molecule has 3 fully saturated rings. The van der Waals surface area contributed by atoms with E-state index in [2.05, 4.69) is 11.9 Å². The van der Waals surface area contributed by atoms with Gasteiger partial charge in [-0.1, -0.05) is 12.2 Å². The van der Waals surface area contributed by atoms with Gasteiger partial charge in [-0.15, -0.1) is 0 Å². The summed E-state index contributed by atoms with van der Waals surface area (Å²) >= 11 is 0. The topological polar surface area (TPSA) is 12.0 Å². The highest BCUT2D eigenvalue weighted by atomic mass is 14.9. The van der Waals surface area contributed by atoms with Crippen molar-refractivity contribution < 1.29 is 0 Å². The Bertz CT molecular complexity index is 132. The fourth-order valence-corrected chi connectivity index (χ4v) is 1.95. The standard InChI is InChI=1S/C8H13N/c1-6-4-7-2-3-8(6)9-5-7/h7-9H,1-5H2/t7-,8+/m1/s1. The minimum absolute atomic E-state index is 0.676. The summed E-state index contributed by atoms with van der Waals surface area (Å²) < 4.78 is 0. The van der Waals surface area contributed by atoms with Crippen molar-refractivity contribution in [3.8, 4) is 0 Å². The lowest BCUT2D eigenvalue weighted by Gasteiger charge is -2.38. The molecule has 0 spiro atoms. The van der Waals surface area contributed by atoms with Crippen LogP contribution in [-0.4, -0.2) is 12.6 Å². The zero-order chi connectivity index (χ0) is 6.27. The van der Waals surface area contributed by atoms with Crippen LogP contribution in [0.2, 0.25) is 0 Å². The molecule has 2 atom stereocenters. The lowest BCUT2D eigenvalue weighted by Crippen LogP contribution is -2.45. The van der Waals surface area contributed by atoms with Crippen LogP contribution in [0.25, 0.3) is 0 Å². The molecule has 1 nitrogen and oxygen atoms in total. The monoisotopic (exact) mass is 123 g/mol. The van der Waals surface area contributed by atoms with Crippen molar-refractivity contribution in [3.63, 3.8) is 0 Å². The third-order valence-corrected chi connectivity index (χ3v) is 2.56. The molecule has 0 amide bonds. The van der Waals surface area contributed by atoms with Crippen molar-refractivity contribution in [2.45, 2.75) is 25.3 Å². The summed E-state index contributed by atoms with van der Waals surface area (Å²) in [7, 11) is 0.